The molecular weight excluding hydrogens is 431 g/mol. The minimum Gasteiger partial charge on any atom is -0.366 e. The number of aromatic nitrogens is 2. The Morgan fingerprint density at radius 3 is 2.39 bits per heavy atom. The summed E-state index contributed by atoms with van der Waals surface area (Å²) < 4.78 is 14.0. The smallest absolute Gasteiger partial charge is 0.233 e. The molecule has 0 saturated carbocycles. The summed E-state index contributed by atoms with van der Waals surface area (Å²) in [4.78, 5) is 26.6. The molecule has 8 heteroatoms. The van der Waals surface area contributed by atoms with E-state index in [1.165, 1.54) is 23.4 Å². The normalized spacial score (nSPS) is 14.0. The SMILES string of the molecule is Cc1ccccc1Sc1nccnc1SCC(=O)N1CCN(c2ccccc2F)CC1. The topological polar surface area (TPSA) is 49.3 Å². The van der Waals surface area contributed by atoms with Crippen molar-refractivity contribution in [1.82, 2.24) is 14.9 Å². The van der Waals surface area contributed by atoms with Crippen molar-refractivity contribution in [2.45, 2.75) is 21.9 Å². The molecule has 2 aromatic carbocycles. The highest BCUT2D eigenvalue weighted by Crippen LogP contribution is 2.34. The summed E-state index contributed by atoms with van der Waals surface area (Å²) >= 11 is 2.98. The summed E-state index contributed by atoms with van der Waals surface area (Å²) in [5.74, 6) is 0.148. The van der Waals surface area contributed by atoms with Gasteiger partial charge < -0.3 is 9.80 Å². The number of nitrogens with zero attached hydrogens (tertiary/aromatic N) is 4. The van der Waals surface area contributed by atoms with Crippen molar-refractivity contribution in [2.24, 2.45) is 0 Å². The molecule has 1 aliphatic rings. The van der Waals surface area contributed by atoms with Crippen molar-refractivity contribution in [2.75, 3.05) is 36.8 Å². The number of halogens is 1. The third-order valence-corrected chi connectivity index (χ3v) is 7.35. The molecule has 0 unspecified atom stereocenters. The number of carbonyl (C=O) groups excluding carboxylic acids is 1. The molecular formula is C23H23FN4OS2. The number of carbonyl (C=O) groups is 1. The van der Waals surface area contributed by atoms with E-state index in [-0.39, 0.29) is 11.7 Å². The maximum atomic E-state index is 14.0. The Morgan fingerprint density at radius 2 is 1.65 bits per heavy atom. The van der Waals surface area contributed by atoms with Gasteiger partial charge in [-0.05, 0) is 30.7 Å². The van der Waals surface area contributed by atoms with Gasteiger partial charge in [0.1, 0.15) is 15.9 Å². The summed E-state index contributed by atoms with van der Waals surface area (Å²) in [6.45, 7) is 4.47. The molecule has 0 atom stereocenters. The van der Waals surface area contributed by atoms with Crippen LogP contribution in [0.2, 0.25) is 0 Å². The molecule has 2 heterocycles. The Kier molecular flexibility index (Phi) is 7.09. The van der Waals surface area contributed by atoms with Crippen molar-refractivity contribution in [3.63, 3.8) is 0 Å². The van der Waals surface area contributed by atoms with Crippen LogP contribution in [-0.4, -0.2) is 52.7 Å². The van der Waals surface area contributed by atoms with Crippen LogP contribution >= 0.6 is 23.5 Å². The van der Waals surface area contributed by atoms with Gasteiger partial charge in [0.15, 0.2) is 0 Å². The number of amides is 1. The molecule has 31 heavy (non-hydrogen) atoms. The predicted octanol–water partition coefficient (Wildman–Crippen LogP) is 4.52. The fraction of sp³-hybridized carbons (Fsp3) is 0.261. The predicted molar refractivity (Wildman–Crippen MR) is 123 cm³/mol. The lowest BCUT2D eigenvalue weighted by atomic mass is 10.2. The Balaban J connectivity index is 1.34. The van der Waals surface area contributed by atoms with E-state index in [1.54, 1.807) is 36.3 Å². The molecule has 1 amide bonds. The second-order valence-electron chi connectivity index (χ2n) is 7.14. The van der Waals surface area contributed by atoms with Gasteiger partial charge in [-0.2, -0.15) is 0 Å². The first-order valence-electron chi connectivity index (χ1n) is 10.1. The molecule has 0 radical (unpaired) electrons. The molecule has 0 aliphatic carbocycles. The number of hydrogen-bond donors (Lipinski definition) is 0. The molecule has 1 saturated heterocycles. The van der Waals surface area contributed by atoms with Crippen molar-refractivity contribution in [1.29, 1.82) is 0 Å². The van der Waals surface area contributed by atoms with E-state index in [9.17, 15) is 9.18 Å². The molecule has 1 fully saturated rings. The summed E-state index contributed by atoms with van der Waals surface area (Å²) in [7, 11) is 0. The van der Waals surface area contributed by atoms with Gasteiger partial charge in [0.25, 0.3) is 0 Å². The molecule has 0 spiro atoms. The first-order valence-corrected chi connectivity index (χ1v) is 11.9. The summed E-state index contributed by atoms with van der Waals surface area (Å²) in [6.07, 6.45) is 3.33. The highest BCUT2D eigenvalue weighted by Gasteiger charge is 2.23. The van der Waals surface area contributed by atoms with E-state index in [0.29, 0.717) is 37.6 Å². The van der Waals surface area contributed by atoms with Gasteiger partial charge in [-0.3, -0.25) is 4.79 Å². The average Bonchev–Trinajstić information content (AvgIpc) is 2.80. The highest BCUT2D eigenvalue weighted by molar-refractivity contribution is 8.02. The Morgan fingerprint density at radius 1 is 0.968 bits per heavy atom. The number of rotatable bonds is 6. The fourth-order valence-electron chi connectivity index (χ4n) is 3.38. The summed E-state index contributed by atoms with van der Waals surface area (Å²) in [5.41, 5.74) is 1.78. The fourth-order valence-corrected chi connectivity index (χ4v) is 5.28. The van der Waals surface area contributed by atoms with Gasteiger partial charge in [-0.15, -0.1) is 0 Å². The molecule has 4 rings (SSSR count). The largest absolute Gasteiger partial charge is 0.366 e. The van der Waals surface area contributed by atoms with Crippen LogP contribution in [0.15, 0.2) is 75.9 Å². The minimum absolute atomic E-state index is 0.0654. The van der Waals surface area contributed by atoms with E-state index >= 15 is 0 Å². The second-order valence-corrected chi connectivity index (χ2v) is 9.14. The number of anilines is 1. The molecule has 5 nitrogen and oxygen atoms in total. The van der Waals surface area contributed by atoms with E-state index in [2.05, 4.69) is 29.0 Å². The van der Waals surface area contributed by atoms with Gasteiger partial charge >= 0.3 is 0 Å². The number of benzene rings is 2. The zero-order chi connectivity index (χ0) is 21.6. The quantitative estimate of drug-likeness (QED) is 0.511. The van der Waals surface area contributed by atoms with Crippen molar-refractivity contribution in [3.05, 3.63) is 72.3 Å². The average molecular weight is 455 g/mol. The molecule has 1 aromatic heterocycles. The van der Waals surface area contributed by atoms with Crippen LogP contribution in [0.3, 0.4) is 0 Å². The third-order valence-electron chi connectivity index (χ3n) is 5.09. The molecule has 0 bridgehead atoms. The van der Waals surface area contributed by atoms with E-state index in [4.69, 9.17) is 0 Å². The standard InChI is InChI=1S/C23H23FN4OS2/c1-17-6-2-5-9-20(17)31-23-22(25-10-11-26-23)30-16-21(29)28-14-12-27(13-15-28)19-8-4-3-7-18(19)24/h2-11H,12-16H2,1H3. The number of para-hydroxylation sites is 1. The Labute approximate surface area is 190 Å². The lowest BCUT2D eigenvalue weighted by Gasteiger charge is -2.36. The zero-order valence-electron chi connectivity index (χ0n) is 17.2. The molecule has 3 aromatic rings. The third kappa shape index (κ3) is 5.37. The Hall–Kier alpha value is -2.58. The summed E-state index contributed by atoms with van der Waals surface area (Å²) in [5, 5.41) is 1.56. The summed E-state index contributed by atoms with van der Waals surface area (Å²) in [6, 6.07) is 14.9. The van der Waals surface area contributed by atoms with Gasteiger partial charge in [0.2, 0.25) is 5.91 Å². The van der Waals surface area contributed by atoms with Crippen LogP contribution in [0, 0.1) is 12.7 Å². The van der Waals surface area contributed by atoms with Crippen LogP contribution in [0.1, 0.15) is 5.56 Å². The minimum atomic E-state index is -0.223. The zero-order valence-corrected chi connectivity index (χ0v) is 18.8. The maximum absolute atomic E-state index is 14.0. The van der Waals surface area contributed by atoms with Gasteiger partial charge in [-0.1, -0.05) is 53.9 Å². The van der Waals surface area contributed by atoms with E-state index in [1.807, 2.05) is 28.0 Å². The number of aryl methyl sites for hydroxylation is 1. The van der Waals surface area contributed by atoms with Crippen molar-refractivity contribution < 1.29 is 9.18 Å². The van der Waals surface area contributed by atoms with Crippen molar-refractivity contribution in [3.8, 4) is 0 Å². The maximum Gasteiger partial charge on any atom is 0.233 e. The van der Waals surface area contributed by atoms with E-state index < -0.39 is 0 Å². The van der Waals surface area contributed by atoms with Crippen LogP contribution in [0.5, 0.6) is 0 Å². The van der Waals surface area contributed by atoms with Gasteiger partial charge in [0, 0.05) is 43.5 Å². The Bertz CT molecular complexity index is 1060. The van der Waals surface area contributed by atoms with Crippen LogP contribution in [0.4, 0.5) is 10.1 Å². The number of piperazine rings is 1. The lowest BCUT2D eigenvalue weighted by molar-refractivity contribution is -0.128. The molecule has 1 aliphatic heterocycles. The monoisotopic (exact) mass is 454 g/mol. The van der Waals surface area contributed by atoms with E-state index in [0.717, 1.165) is 14.9 Å². The number of thioether (sulfide) groups is 1. The van der Waals surface area contributed by atoms with Gasteiger partial charge in [-0.25, -0.2) is 14.4 Å². The molecule has 0 N–H and O–H groups in total. The second kappa shape index (κ2) is 10.2. The van der Waals surface area contributed by atoms with Crippen LogP contribution in [-0.2, 0) is 4.79 Å². The first-order chi connectivity index (χ1) is 15.1. The van der Waals surface area contributed by atoms with Crippen LogP contribution < -0.4 is 4.90 Å². The van der Waals surface area contributed by atoms with Crippen molar-refractivity contribution >= 4 is 35.1 Å². The lowest BCUT2D eigenvalue weighted by Crippen LogP contribution is -2.49. The van der Waals surface area contributed by atoms with Crippen LogP contribution in [0.25, 0.3) is 0 Å². The first kappa shape index (κ1) is 21.6. The van der Waals surface area contributed by atoms with Gasteiger partial charge in [0.05, 0.1) is 11.4 Å². The molecule has 160 valence electrons. The number of hydrogen-bond acceptors (Lipinski definition) is 6. The highest BCUT2D eigenvalue weighted by atomic mass is 32.2.